The summed E-state index contributed by atoms with van der Waals surface area (Å²) in [5.41, 5.74) is 0.638. The number of carbonyl (C=O) groups is 2. The molecule has 5 nitrogen and oxygen atoms in total. The summed E-state index contributed by atoms with van der Waals surface area (Å²) < 4.78 is 0. The fourth-order valence-electron chi connectivity index (χ4n) is 2.15. The molecule has 1 saturated heterocycles. The highest BCUT2D eigenvalue weighted by molar-refractivity contribution is 7.08. The van der Waals surface area contributed by atoms with E-state index in [1.807, 2.05) is 5.38 Å². The first kappa shape index (κ1) is 14.0. The molecule has 1 aromatic heterocycles. The third-order valence-electron chi connectivity index (χ3n) is 3.30. The summed E-state index contributed by atoms with van der Waals surface area (Å²) in [4.78, 5) is 25.3. The van der Waals surface area contributed by atoms with Gasteiger partial charge < -0.3 is 15.3 Å². The second kappa shape index (κ2) is 6.68. The molecule has 1 fully saturated rings. The standard InChI is InChI=1S/C13H18N2O3S/c16-8-10-2-5-15(7-10)12(17)1-4-14-13(18)11-3-6-19-9-11/h3,6,9-10,16H,1-2,4-5,7-8H2,(H,14,18). The molecule has 2 heterocycles. The number of carbonyl (C=O) groups excluding carboxylic acids is 2. The molecule has 104 valence electrons. The SMILES string of the molecule is O=C(NCCC(=O)N1CCC(CO)C1)c1ccsc1. The third-order valence-corrected chi connectivity index (χ3v) is 3.99. The van der Waals surface area contributed by atoms with Gasteiger partial charge in [-0.15, -0.1) is 0 Å². The van der Waals surface area contributed by atoms with Gasteiger partial charge in [0, 0.05) is 49.5 Å². The van der Waals surface area contributed by atoms with Gasteiger partial charge >= 0.3 is 0 Å². The zero-order valence-electron chi connectivity index (χ0n) is 10.7. The summed E-state index contributed by atoms with van der Waals surface area (Å²) in [7, 11) is 0. The van der Waals surface area contributed by atoms with Gasteiger partial charge in [0.05, 0.1) is 0 Å². The Kier molecular flexibility index (Phi) is 4.93. The van der Waals surface area contributed by atoms with Crippen LogP contribution in [0.25, 0.3) is 0 Å². The Morgan fingerprint density at radius 2 is 2.37 bits per heavy atom. The van der Waals surface area contributed by atoms with Crippen molar-refractivity contribution in [1.82, 2.24) is 10.2 Å². The molecule has 2 N–H and O–H groups in total. The number of nitrogens with one attached hydrogen (secondary N) is 1. The Morgan fingerprint density at radius 3 is 3.00 bits per heavy atom. The minimum Gasteiger partial charge on any atom is -0.396 e. The molecule has 2 rings (SSSR count). The van der Waals surface area contributed by atoms with Gasteiger partial charge in [-0.3, -0.25) is 9.59 Å². The van der Waals surface area contributed by atoms with E-state index in [1.165, 1.54) is 11.3 Å². The van der Waals surface area contributed by atoms with Crippen molar-refractivity contribution in [3.05, 3.63) is 22.4 Å². The van der Waals surface area contributed by atoms with Gasteiger partial charge in [-0.05, 0) is 17.9 Å². The highest BCUT2D eigenvalue weighted by Gasteiger charge is 2.25. The molecule has 19 heavy (non-hydrogen) atoms. The Labute approximate surface area is 116 Å². The fourth-order valence-corrected chi connectivity index (χ4v) is 2.78. The average Bonchev–Trinajstić information content (AvgIpc) is 3.09. The maximum atomic E-state index is 11.9. The van der Waals surface area contributed by atoms with Crippen molar-refractivity contribution in [2.45, 2.75) is 12.8 Å². The van der Waals surface area contributed by atoms with Crippen LogP contribution < -0.4 is 5.32 Å². The van der Waals surface area contributed by atoms with Crippen LogP contribution in [0.3, 0.4) is 0 Å². The third kappa shape index (κ3) is 3.78. The normalized spacial score (nSPS) is 18.6. The van der Waals surface area contributed by atoms with Crippen LogP contribution in [-0.2, 0) is 4.79 Å². The van der Waals surface area contributed by atoms with Crippen LogP contribution in [0.15, 0.2) is 16.8 Å². The van der Waals surface area contributed by atoms with E-state index in [9.17, 15) is 9.59 Å². The van der Waals surface area contributed by atoms with Gasteiger partial charge in [-0.2, -0.15) is 11.3 Å². The molecule has 0 saturated carbocycles. The molecule has 6 heteroatoms. The topological polar surface area (TPSA) is 69.6 Å². The van der Waals surface area contributed by atoms with Crippen LogP contribution in [0.1, 0.15) is 23.2 Å². The first-order valence-electron chi connectivity index (χ1n) is 6.39. The second-order valence-electron chi connectivity index (χ2n) is 4.69. The van der Waals surface area contributed by atoms with E-state index in [0.29, 0.717) is 31.6 Å². The van der Waals surface area contributed by atoms with Gasteiger partial charge in [0.15, 0.2) is 0 Å². The Morgan fingerprint density at radius 1 is 1.53 bits per heavy atom. The summed E-state index contributed by atoms with van der Waals surface area (Å²) in [5, 5.41) is 15.4. The molecule has 0 aromatic carbocycles. The molecule has 1 aliphatic rings. The highest BCUT2D eigenvalue weighted by atomic mass is 32.1. The summed E-state index contributed by atoms with van der Waals surface area (Å²) in [5.74, 6) is 0.120. The van der Waals surface area contributed by atoms with Crippen LogP contribution >= 0.6 is 11.3 Å². The van der Waals surface area contributed by atoms with Crippen molar-refractivity contribution < 1.29 is 14.7 Å². The molecule has 0 radical (unpaired) electrons. The van der Waals surface area contributed by atoms with Crippen LogP contribution in [0, 0.1) is 5.92 Å². The first-order valence-corrected chi connectivity index (χ1v) is 7.34. The van der Waals surface area contributed by atoms with Gasteiger partial charge in [-0.1, -0.05) is 0 Å². The van der Waals surface area contributed by atoms with E-state index >= 15 is 0 Å². The number of likely N-dealkylation sites (tertiary alicyclic amines) is 1. The van der Waals surface area contributed by atoms with E-state index in [0.717, 1.165) is 6.42 Å². The van der Waals surface area contributed by atoms with Gasteiger partial charge in [-0.25, -0.2) is 0 Å². The molecule has 1 unspecified atom stereocenters. The first-order chi connectivity index (χ1) is 9.20. The Hall–Kier alpha value is -1.40. The van der Waals surface area contributed by atoms with Gasteiger partial charge in [0.2, 0.25) is 5.91 Å². The lowest BCUT2D eigenvalue weighted by Gasteiger charge is -2.16. The molecule has 1 aromatic rings. The van der Waals surface area contributed by atoms with E-state index in [1.54, 1.807) is 16.3 Å². The highest BCUT2D eigenvalue weighted by Crippen LogP contribution is 2.15. The maximum absolute atomic E-state index is 11.9. The molecule has 0 spiro atoms. The summed E-state index contributed by atoms with van der Waals surface area (Å²) in [6, 6.07) is 1.76. The van der Waals surface area contributed by atoms with Crippen LogP contribution in [0.2, 0.25) is 0 Å². The Balaban J connectivity index is 1.68. The minimum absolute atomic E-state index is 0.0431. The molecule has 1 atom stereocenters. The van der Waals surface area contributed by atoms with Crippen LogP contribution in [0.4, 0.5) is 0 Å². The van der Waals surface area contributed by atoms with Crippen molar-refractivity contribution in [3.63, 3.8) is 0 Å². The lowest BCUT2D eigenvalue weighted by atomic mass is 10.1. The number of rotatable bonds is 5. The van der Waals surface area contributed by atoms with Crippen LogP contribution in [0.5, 0.6) is 0 Å². The monoisotopic (exact) mass is 282 g/mol. The number of hydrogen-bond acceptors (Lipinski definition) is 4. The van der Waals surface area contributed by atoms with Crippen molar-refractivity contribution in [2.24, 2.45) is 5.92 Å². The molecule has 0 bridgehead atoms. The smallest absolute Gasteiger partial charge is 0.252 e. The average molecular weight is 282 g/mol. The summed E-state index contributed by atoms with van der Waals surface area (Å²) in [6.45, 7) is 1.84. The Bertz CT molecular complexity index is 433. The van der Waals surface area contributed by atoms with E-state index in [4.69, 9.17) is 5.11 Å². The largest absolute Gasteiger partial charge is 0.396 e. The quantitative estimate of drug-likeness (QED) is 0.835. The van der Waals surface area contributed by atoms with Crippen molar-refractivity contribution >= 4 is 23.2 Å². The summed E-state index contributed by atoms with van der Waals surface area (Å²) >= 11 is 1.47. The van der Waals surface area contributed by atoms with Crippen LogP contribution in [-0.4, -0.2) is 48.1 Å². The number of amides is 2. The maximum Gasteiger partial charge on any atom is 0.252 e. The molecule has 0 aliphatic carbocycles. The number of thiophene rings is 1. The van der Waals surface area contributed by atoms with E-state index < -0.39 is 0 Å². The van der Waals surface area contributed by atoms with E-state index in [2.05, 4.69) is 5.32 Å². The number of nitrogens with zero attached hydrogens (tertiary/aromatic N) is 1. The summed E-state index contributed by atoms with van der Waals surface area (Å²) in [6.07, 6.45) is 1.18. The molecule has 2 amide bonds. The molecular weight excluding hydrogens is 264 g/mol. The van der Waals surface area contributed by atoms with Gasteiger partial charge in [0.1, 0.15) is 0 Å². The molecular formula is C13H18N2O3S. The van der Waals surface area contributed by atoms with Crippen molar-refractivity contribution in [1.29, 1.82) is 0 Å². The van der Waals surface area contributed by atoms with Gasteiger partial charge in [0.25, 0.3) is 5.91 Å². The van der Waals surface area contributed by atoms with Crippen molar-refractivity contribution in [3.8, 4) is 0 Å². The van der Waals surface area contributed by atoms with E-state index in [-0.39, 0.29) is 24.3 Å². The second-order valence-corrected chi connectivity index (χ2v) is 5.47. The molecule has 1 aliphatic heterocycles. The lowest BCUT2D eigenvalue weighted by Crippen LogP contribution is -2.33. The predicted octanol–water partition coefficient (Wildman–Crippen LogP) is 0.709. The number of aliphatic hydroxyl groups excluding tert-OH is 1. The lowest BCUT2D eigenvalue weighted by molar-refractivity contribution is -0.130. The number of hydrogen-bond donors (Lipinski definition) is 2. The predicted molar refractivity (Wildman–Crippen MR) is 73.0 cm³/mol. The number of aliphatic hydroxyl groups is 1. The van der Waals surface area contributed by atoms with Crippen molar-refractivity contribution in [2.75, 3.05) is 26.2 Å². The fraction of sp³-hybridized carbons (Fsp3) is 0.538. The minimum atomic E-state index is -0.135. The zero-order valence-corrected chi connectivity index (χ0v) is 11.5. The zero-order chi connectivity index (χ0) is 13.7.